The van der Waals surface area contributed by atoms with E-state index in [4.69, 9.17) is 9.47 Å². The molecule has 1 aliphatic rings. The predicted octanol–water partition coefficient (Wildman–Crippen LogP) is 4.50. The molecule has 2 aromatic rings. The van der Waals surface area contributed by atoms with Crippen LogP contribution in [0.25, 0.3) is 0 Å². The lowest BCUT2D eigenvalue weighted by Crippen LogP contribution is -2.46. The number of likely N-dealkylation sites (tertiary alicyclic amines) is 1. The third-order valence-electron chi connectivity index (χ3n) is 5.72. The molecule has 0 radical (unpaired) electrons. The van der Waals surface area contributed by atoms with Gasteiger partial charge in [0, 0.05) is 12.1 Å². The van der Waals surface area contributed by atoms with E-state index >= 15 is 0 Å². The van der Waals surface area contributed by atoms with Crippen LogP contribution in [0.4, 0.5) is 13.2 Å². The van der Waals surface area contributed by atoms with Crippen LogP contribution in [0.5, 0.6) is 5.75 Å². The molecule has 1 fully saturated rings. The number of methoxy groups -OCH3 is 1. The number of hydrogen-bond acceptors (Lipinski definition) is 4. The Morgan fingerprint density at radius 1 is 1.10 bits per heavy atom. The molecule has 3 rings (SSSR count). The van der Waals surface area contributed by atoms with Gasteiger partial charge in [0.25, 0.3) is 0 Å². The number of rotatable bonds is 7. The first-order chi connectivity index (χ1) is 14.4. The van der Waals surface area contributed by atoms with Gasteiger partial charge in [-0.25, -0.2) is 13.2 Å². The molecular weight excluding hydrogens is 395 g/mol. The fourth-order valence-corrected chi connectivity index (χ4v) is 3.99. The highest BCUT2D eigenvalue weighted by Crippen LogP contribution is 2.38. The second-order valence-electron chi connectivity index (χ2n) is 7.63. The minimum atomic E-state index is -1.16. The fraction of sp³-hybridized carbons (Fsp3) is 0.435. The zero-order chi connectivity index (χ0) is 21.7. The van der Waals surface area contributed by atoms with E-state index in [0.717, 1.165) is 17.7 Å². The Morgan fingerprint density at radius 3 is 2.47 bits per heavy atom. The average molecular weight is 421 g/mol. The van der Waals surface area contributed by atoms with Crippen molar-refractivity contribution < 1.29 is 27.4 Å². The van der Waals surface area contributed by atoms with Crippen molar-refractivity contribution in [1.82, 2.24) is 4.90 Å². The summed E-state index contributed by atoms with van der Waals surface area (Å²) in [7, 11) is 1.59. The molecule has 30 heavy (non-hydrogen) atoms. The average Bonchev–Trinajstić information content (AvgIpc) is 2.75. The number of ether oxygens (including phenoxy) is 2. The SMILES string of the molecule is CCOC(=O)C1(Cc2cccc(OC)c2)CCN(Cc2c(F)ccc(F)c2F)CC1. The van der Waals surface area contributed by atoms with Crippen molar-refractivity contribution in [3.05, 3.63) is 65.0 Å². The Labute approximate surface area is 174 Å². The van der Waals surface area contributed by atoms with Gasteiger partial charge in [0.05, 0.1) is 19.1 Å². The summed E-state index contributed by atoms with van der Waals surface area (Å²) in [5, 5.41) is 0. The number of carbonyl (C=O) groups is 1. The standard InChI is InChI=1S/C23H26F3NO3/c1-3-30-22(28)23(14-16-5-4-6-17(13-16)29-2)9-11-27(12-10-23)15-18-19(24)7-8-20(25)21(18)26/h4-8,13H,3,9-12,14-15H2,1-2H3. The van der Waals surface area contributed by atoms with E-state index in [0.29, 0.717) is 38.1 Å². The summed E-state index contributed by atoms with van der Waals surface area (Å²) in [6.45, 7) is 2.88. The normalized spacial score (nSPS) is 16.3. The molecule has 1 heterocycles. The van der Waals surface area contributed by atoms with Gasteiger partial charge < -0.3 is 9.47 Å². The second kappa shape index (κ2) is 9.51. The van der Waals surface area contributed by atoms with Crippen LogP contribution in [0.2, 0.25) is 0 Å². The van der Waals surface area contributed by atoms with E-state index in [2.05, 4.69) is 0 Å². The van der Waals surface area contributed by atoms with Crippen molar-refractivity contribution in [2.45, 2.75) is 32.7 Å². The predicted molar refractivity (Wildman–Crippen MR) is 107 cm³/mol. The van der Waals surface area contributed by atoms with Crippen molar-refractivity contribution in [2.24, 2.45) is 5.41 Å². The Bertz CT molecular complexity index is 895. The van der Waals surface area contributed by atoms with Gasteiger partial charge in [-0.2, -0.15) is 0 Å². The number of halogens is 3. The number of benzene rings is 2. The summed E-state index contributed by atoms with van der Waals surface area (Å²) in [4.78, 5) is 14.7. The van der Waals surface area contributed by atoms with Gasteiger partial charge in [-0.05, 0) is 69.1 Å². The molecule has 0 amide bonds. The highest BCUT2D eigenvalue weighted by Gasteiger charge is 2.43. The quantitative estimate of drug-likeness (QED) is 0.488. The summed E-state index contributed by atoms with van der Waals surface area (Å²) in [5.41, 5.74) is -0.0535. The number of piperidine rings is 1. The number of hydrogen-bond donors (Lipinski definition) is 0. The van der Waals surface area contributed by atoms with Crippen LogP contribution in [0.3, 0.4) is 0 Å². The van der Waals surface area contributed by atoms with Crippen molar-refractivity contribution in [2.75, 3.05) is 26.8 Å². The molecule has 0 bridgehead atoms. The van der Waals surface area contributed by atoms with Crippen molar-refractivity contribution >= 4 is 5.97 Å². The number of carbonyl (C=O) groups excluding carboxylic acids is 1. The van der Waals surface area contributed by atoms with Crippen LogP contribution in [-0.2, 0) is 22.5 Å². The molecule has 0 unspecified atom stereocenters. The monoisotopic (exact) mass is 421 g/mol. The first kappa shape index (κ1) is 22.2. The first-order valence-electron chi connectivity index (χ1n) is 10.0. The molecule has 0 aliphatic carbocycles. The van der Waals surface area contributed by atoms with E-state index in [9.17, 15) is 18.0 Å². The van der Waals surface area contributed by atoms with Gasteiger partial charge in [-0.3, -0.25) is 9.69 Å². The maximum absolute atomic E-state index is 14.0. The van der Waals surface area contributed by atoms with Crippen LogP contribution in [0.15, 0.2) is 36.4 Å². The molecule has 0 spiro atoms. The Hall–Kier alpha value is -2.54. The van der Waals surface area contributed by atoms with Crippen LogP contribution in [-0.4, -0.2) is 37.7 Å². The molecule has 0 N–H and O–H groups in total. The summed E-state index contributed by atoms with van der Waals surface area (Å²) in [6.07, 6.45) is 1.43. The van der Waals surface area contributed by atoms with E-state index in [1.807, 2.05) is 29.2 Å². The Morgan fingerprint density at radius 2 is 1.80 bits per heavy atom. The minimum absolute atomic E-state index is 0.0481. The first-order valence-corrected chi connectivity index (χ1v) is 10.0. The second-order valence-corrected chi connectivity index (χ2v) is 7.63. The van der Waals surface area contributed by atoms with Gasteiger partial charge in [0.15, 0.2) is 11.6 Å². The molecule has 2 aromatic carbocycles. The van der Waals surface area contributed by atoms with Crippen LogP contribution in [0, 0.1) is 22.9 Å². The molecule has 162 valence electrons. The molecule has 0 atom stereocenters. The van der Waals surface area contributed by atoms with Gasteiger partial charge in [-0.1, -0.05) is 12.1 Å². The van der Waals surface area contributed by atoms with Gasteiger partial charge in [0.2, 0.25) is 0 Å². The maximum atomic E-state index is 14.0. The van der Waals surface area contributed by atoms with E-state index in [1.165, 1.54) is 0 Å². The summed E-state index contributed by atoms with van der Waals surface area (Å²) in [5.74, 6) is -2.56. The summed E-state index contributed by atoms with van der Waals surface area (Å²) >= 11 is 0. The number of nitrogens with zero attached hydrogens (tertiary/aromatic N) is 1. The molecule has 7 heteroatoms. The van der Waals surface area contributed by atoms with Crippen molar-refractivity contribution in [3.63, 3.8) is 0 Å². The largest absolute Gasteiger partial charge is 0.497 e. The highest BCUT2D eigenvalue weighted by atomic mass is 19.2. The van der Waals surface area contributed by atoms with E-state index in [1.54, 1.807) is 14.0 Å². The van der Waals surface area contributed by atoms with Gasteiger partial charge >= 0.3 is 5.97 Å². The fourth-order valence-electron chi connectivity index (χ4n) is 3.99. The van der Waals surface area contributed by atoms with Crippen molar-refractivity contribution in [1.29, 1.82) is 0 Å². The van der Waals surface area contributed by atoms with E-state index in [-0.39, 0.29) is 24.7 Å². The third kappa shape index (κ3) is 4.78. The van der Waals surface area contributed by atoms with Crippen LogP contribution >= 0.6 is 0 Å². The van der Waals surface area contributed by atoms with Gasteiger partial charge in [-0.15, -0.1) is 0 Å². The lowest BCUT2D eigenvalue weighted by molar-refractivity contribution is -0.158. The smallest absolute Gasteiger partial charge is 0.312 e. The molecule has 4 nitrogen and oxygen atoms in total. The van der Waals surface area contributed by atoms with Crippen LogP contribution < -0.4 is 4.74 Å². The molecular formula is C23H26F3NO3. The van der Waals surface area contributed by atoms with E-state index < -0.39 is 22.9 Å². The Balaban J connectivity index is 1.76. The third-order valence-corrected chi connectivity index (χ3v) is 5.72. The summed E-state index contributed by atoms with van der Waals surface area (Å²) < 4.78 is 52.2. The number of esters is 1. The maximum Gasteiger partial charge on any atom is 0.312 e. The molecule has 1 saturated heterocycles. The highest BCUT2D eigenvalue weighted by molar-refractivity contribution is 5.77. The topological polar surface area (TPSA) is 38.8 Å². The lowest BCUT2D eigenvalue weighted by atomic mass is 9.73. The molecule has 0 saturated carbocycles. The lowest BCUT2D eigenvalue weighted by Gasteiger charge is -2.40. The molecule has 1 aliphatic heterocycles. The van der Waals surface area contributed by atoms with Gasteiger partial charge in [0.1, 0.15) is 11.6 Å². The zero-order valence-corrected chi connectivity index (χ0v) is 17.2. The Kier molecular flexibility index (Phi) is 7.02. The summed E-state index contributed by atoms with van der Waals surface area (Å²) in [6, 6.07) is 9.26. The molecule has 0 aromatic heterocycles. The minimum Gasteiger partial charge on any atom is -0.497 e. The zero-order valence-electron chi connectivity index (χ0n) is 17.2. The van der Waals surface area contributed by atoms with Crippen LogP contribution in [0.1, 0.15) is 30.9 Å². The van der Waals surface area contributed by atoms with Crippen molar-refractivity contribution in [3.8, 4) is 5.75 Å².